The number of hydrogen-bond donors (Lipinski definition) is 2. The second-order valence-electron chi connectivity index (χ2n) is 9.31. The molecule has 178 valence electrons. The van der Waals surface area contributed by atoms with E-state index >= 15 is 0 Å². The fourth-order valence-corrected chi connectivity index (χ4v) is 4.95. The largest absolute Gasteiger partial charge is 0.387 e. The van der Waals surface area contributed by atoms with Crippen LogP contribution in [0.2, 0.25) is 0 Å². The van der Waals surface area contributed by atoms with Gasteiger partial charge in [-0.05, 0) is 30.5 Å². The van der Waals surface area contributed by atoms with Gasteiger partial charge in [-0.2, -0.15) is 0 Å². The minimum absolute atomic E-state index is 0.142. The van der Waals surface area contributed by atoms with Gasteiger partial charge in [0.05, 0.1) is 12.6 Å². The molecule has 2 saturated heterocycles. The van der Waals surface area contributed by atoms with Crippen LogP contribution in [-0.4, -0.2) is 48.1 Å². The fraction of sp³-hybridized carbons (Fsp3) is 0.357. The second-order valence-corrected chi connectivity index (χ2v) is 9.31. The summed E-state index contributed by atoms with van der Waals surface area (Å²) in [7, 11) is 0. The lowest BCUT2D eigenvalue weighted by atomic mass is 9.80. The van der Waals surface area contributed by atoms with Gasteiger partial charge in [0.15, 0.2) is 12.1 Å². The molecule has 2 aliphatic heterocycles. The molecule has 1 unspecified atom stereocenters. The number of benzene rings is 3. The molecule has 0 saturated carbocycles. The van der Waals surface area contributed by atoms with Crippen LogP contribution in [0.3, 0.4) is 0 Å². The van der Waals surface area contributed by atoms with Gasteiger partial charge < -0.3 is 29.8 Å². The van der Waals surface area contributed by atoms with E-state index in [4.69, 9.17) is 24.7 Å². The molecule has 0 aliphatic carbocycles. The highest BCUT2D eigenvalue weighted by atomic mass is 16.8. The van der Waals surface area contributed by atoms with Crippen LogP contribution in [0.25, 0.3) is 0 Å². The van der Waals surface area contributed by atoms with Crippen LogP contribution in [0, 0.1) is 0 Å². The van der Waals surface area contributed by atoms with Gasteiger partial charge in [-0.25, -0.2) is 0 Å². The van der Waals surface area contributed by atoms with Gasteiger partial charge in [0.25, 0.3) is 0 Å². The summed E-state index contributed by atoms with van der Waals surface area (Å²) in [4.78, 5) is 0. The van der Waals surface area contributed by atoms with Crippen molar-refractivity contribution < 1.29 is 24.1 Å². The van der Waals surface area contributed by atoms with E-state index in [0.717, 1.165) is 16.7 Å². The maximum atomic E-state index is 10.9. The van der Waals surface area contributed by atoms with Crippen LogP contribution in [0.4, 0.5) is 0 Å². The molecule has 5 rings (SSSR count). The van der Waals surface area contributed by atoms with Gasteiger partial charge >= 0.3 is 0 Å². The van der Waals surface area contributed by atoms with Crippen molar-refractivity contribution in [3.05, 3.63) is 108 Å². The molecule has 2 aliphatic rings. The molecule has 6 heteroatoms. The molecular formula is C28H31NO5. The van der Waals surface area contributed by atoms with E-state index in [2.05, 4.69) is 36.4 Å². The summed E-state index contributed by atoms with van der Waals surface area (Å²) >= 11 is 0. The zero-order valence-corrected chi connectivity index (χ0v) is 19.4. The topological polar surface area (TPSA) is 83.2 Å². The molecule has 0 radical (unpaired) electrons. The Morgan fingerprint density at radius 1 is 0.853 bits per heavy atom. The highest BCUT2D eigenvalue weighted by molar-refractivity contribution is 5.47. The van der Waals surface area contributed by atoms with Gasteiger partial charge in [0, 0.05) is 0 Å². The predicted molar refractivity (Wildman–Crippen MR) is 128 cm³/mol. The summed E-state index contributed by atoms with van der Waals surface area (Å²) in [6.45, 7) is 3.74. The summed E-state index contributed by atoms with van der Waals surface area (Å²) in [6.07, 6.45) is -2.81. The Labute approximate surface area is 200 Å². The monoisotopic (exact) mass is 461 g/mol. The lowest BCUT2D eigenvalue weighted by Gasteiger charge is -2.37. The number of fused-ring (bicyclic) bond motifs is 1. The number of hydrogen-bond acceptors (Lipinski definition) is 6. The maximum absolute atomic E-state index is 10.9. The average Bonchev–Trinajstić information content (AvgIpc) is 3.33. The average molecular weight is 462 g/mol. The van der Waals surface area contributed by atoms with Crippen LogP contribution in [-0.2, 0) is 24.5 Å². The van der Waals surface area contributed by atoms with E-state index in [1.54, 1.807) is 13.8 Å². The van der Waals surface area contributed by atoms with Gasteiger partial charge in [0.1, 0.15) is 23.9 Å². The third kappa shape index (κ3) is 4.18. The van der Waals surface area contributed by atoms with Crippen molar-refractivity contribution in [2.24, 2.45) is 5.73 Å². The van der Waals surface area contributed by atoms with Crippen LogP contribution < -0.4 is 5.73 Å². The molecule has 0 aromatic heterocycles. The fourth-order valence-electron chi connectivity index (χ4n) is 4.95. The molecule has 6 nitrogen and oxygen atoms in total. The zero-order valence-electron chi connectivity index (χ0n) is 19.4. The van der Waals surface area contributed by atoms with E-state index in [1.165, 1.54) is 0 Å². The number of ether oxygens (including phenoxy) is 4. The SMILES string of the molecule is CC1(C)O[C@H]2O[C@@H](C(N)COC(c3ccccc3)(c3ccccc3)c3ccccc3)[C@H](O)[C@H]2O1. The lowest BCUT2D eigenvalue weighted by molar-refractivity contribution is -0.218. The van der Waals surface area contributed by atoms with E-state index < -0.39 is 42.0 Å². The summed E-state index contributed by atoms with van der Waals surface area (Å²) in [5, 5.41) is 10.9. The Morgan fingerprint density at radius 2 is 1.32 bits per heavy atom. The van der Waals surface area contributed by atoms with Gasteiger partial charge in [-0.3, -0.25) is 0 Å². The number of aliphatic hydroxyl groups is 1. The maximum Gasteiger partial charge on any atom is 0.190 e. The lowest BCUT2D eigenvalue weighted by Crippen LogP contribution is -2.49. The third-order valence-electron chi connectivity index (χ3n) is 6.51. The number of aliphatic hydroxyl groups excluding tert-OH is 1. The van der Waals surface area contributed by atoms with Crippen LogP contribution in [0.5, 0.6) is 0 Å². The first kappa shape index (κ1) is 23.2. The molecule has 3 aromatic carbocycles. The molecule has 0 bridgehead atoms. The van der Waals surface area contributed by atoms with Crippen LogP contribution in [0.15, 0.2) is 91.0 Å². The van der Waals surface area contributed by atoms with Crippen molar-refractivity contribution in [2.75, 3.05) is 6.61 Å². The highest BCUT2D eigenvalue weighted by Gasteiger charge is 2.55. The minimum atomic E-state index is -0.912. The Kier molecular flexibility index (Phi) is 6.29. The van der Waals surface area contributed by atoms with Crippen molar-refractivity contribution in [1.82, 2.24) is 0 Å². The summed E-state index contributed by atoms with van der Waals surface area (Å²) in [6, 6.07) is 29.7. The second kappa shape index (κ2) is 9.23. The molecule has 5 atom stereocenters. The first-order valence-electron chi connectivity index (χ1n) is 11.7. The van der Waals surface area contributed by atoms with Crippen LogP contribution >= 0.6 is 0 Å². The van der Waals surface area contributed by atoms with E-state index in [9.17, 15) is 5.11 Å². The Balaban J connectivity index is 1.46. The summed E-state index contributed by atoms with van der Waals surface area (Å²) < 4.78 is 24.4. The van der Waals surface area contributed by atoms with Crippen molar-refractivity contribution in [3.8, 4) is 0 Å². The Hall–Kier alpha value is -2.58. The minimum Gasteiger partial charge on any atom is -0.387 e. The van der Waals surface area contributed by atoms with E-state index in [1.807, 2.05) is 54.6 Å². The molecule has 3 aromatic rings. The molecule has 0 amide bonds. The molecule has 34 heavy (non-hydrogen) atoms. The van der Waals surface area contributed by atoms with Gasteiger partial charge in [0.2, 0.25) is 0 Å². The van der Waals surface area contributed by atoms with Crippen molar-refractivity contribution in [1.29, 1.82) is 0 Å². The zero-order chi connectivity index (χ0) is 23.8. The van der Waals surface area contributed by atoms with Crippen molar-refractivity contribution >= 4 is 0 Å². The molecule has 2 fully saturated rings. The molecule has 2 heterocycles. The third-order valence-corrected chi connectivity index (χ3v) is 6.51. The first-order valence-corrected chi connectivity index (χ1v) is 11.7. The molecular weight excluding hydrogens is 430 g/mol. The first-order chi connectivity index (χ1) is 16.4. The quantitative estimate of drug-likeness (QED) is 0.524. The highest BCUT2D eigenvalue weighted by Crippen LogP contribution is 2.42. The molecule has 3 N–H and O–H groups in total. The normalized spacial score (nSPS) is 26.8. The van der Waals surface area contributed by atoms with E-state index in [-0.39, 0.29) is 6.61 Å². The van der Waals surface area contributed by atoms with E-state index in [0.29, 0.717) is 0 Å². The predicted octanol–water partition coefficient (Wildman–Crippen LogP) is 3.56. The van der Waals surface area contributed by atoms with Crippen molar-refractivity contribution in [2.45, 2.75) is 55.9 Å². The van der Waals surface area contributed by atoms with Gasteiger partial charge in [-0.1, -0.05) is 91.0 Å². The number of nitrogens with two attached hydrogens (primary N) is 1. The Morgan fingerprint density at radius 3 is 1.76 bits per heavy atom. The standard InChI is InChI=1S/C28H31NO5/c1-27(2)33-25-23(30)24(32-26(25)34-27)22(29)18-31-28(19-12-6-3-7-13-19,20-14-8-4-9-15-20)21-16-10-5-11-17-21/h3-17,22-26,30H,18,29H2,1-2H3/t22?,23-,24-,25+,26+/m0/s1. The number of rotatable bonds is 7. The van der Waals surface area contributed by atoms with Crippen LogP contribution in [0.1, 0.15) is 30.5 Å². The summed E-state index contributed by atoms with van der Waals surface area (Å²) in [5.41, 5.74) is 8.62. The van der Waals surface area contributed by atoms with Crippen molar-refractivity contribution in [3.63, 3.8) is 0 Å². The molecule has 0 spiro atoms. The smallest absolute Gasteiger partial charge is 0.190 e. The summed E-state index contributed by atoms with van der Waals surface area (Å²) in [5.74, 6) is -0.801. The van der Waals surface area contributed by atoms with Gasteiger partial charge in [-0.15, -0.1) is 0 Å². The Bertz CT molecular complexity index is 979.